The van der Waals surface area contributed by atoms with Crippen molar-refractivity contribution in [1.29, 1.82) is 0 Å². The molecule has 32 heavy (non-hydrogen) atoms. The summed E-state index contributed by atoms with van der Waals surface area (Å²) in [5, 5.41) is 15.4. The molecule has 0 aliphatic heterocycles. The predicted octanol–water partition coefficient (Wildman–Crippen LogP) is 4.88. The maximum Gasteiger partial charge on any atom is 0.251 e. The summed E-state index contributed by atoms with van der Waals surface area (Å²) in [6.45, 7) is 6.72. The Bertz CT molecular complexity index is 1150. The van der Waals surface area contributed by atoms with Crippen molar-refractivity contribution in [3.05, 3.63) is 69.0 Å². The lowest BCUT2D eigenvalue weighted by Crippen LogP contribution is -2.24. The van der Waals surface area contributed by atoms with Crippen LogP contribution < -0.4 is 10.6 Å². The molecule has 0 saturated carbocycles. The molecule has 0 radical (unpaired) electrons. The molecule has 3 aromatic rings. The Balaban J connectivity index is 1.58. The first-order valence-electron chi connectivity index (χ1n) is 9.93. The number of aromatic nitrogens is 3. The second kappa shape index (κ2) is 10.8. The number of nitrogens with zero attached hydrogens (tertiary/aromatic N) is 3. The molecule has 0 atom stereocenters. The van der Waals surface area contributed by atoms with Crippen LogP contribution in [0.15, 0.2) is 41.6 Å². The van der Waals surface area contributed by atoms with Crippen LogP contribution in [0.5, 0.6) is 0 Å². The minimum absolute atomic E-state index is 0.123. The molecule has 2 amide bonds. The van der Waals surface area contributed by atoms with Crippen LogP contribution in [0, 0.1) is 13.8 Å². The zero-order valence-electron chi connectivity index (χ0n) is 17.9. The number of nitrogens with one attached hydrogen (secondary N) is 2. The summed E-state index contributed by atoms with van der Waals surface area (Å²) in [5.41, 5.74) is 3.35. The molecule has 1 aromatic heterocycles. The summed E-state index contributed by atoms with van der Waals surface area (Å²) >= 11 is 13.2. The monoisotopic (exact) mass is 491 g/mol. The standard InChI is InChI=1S/C22H23Cl2N5O2S/c1-4-29-19(11-25-21(31)15-6-7-16(23)17(24)10-15)27-28-22(29)32-12-20(30)26-18-8-5-13(2)9-14(18)3/h5-10H,4,11-12H2,1-3H3,(H,25,31)(H,26,30). The summed E-state index contributed by atoms with van der Waals surface area (Å²) in [5.74, 6) is 0.373. The lowest BCUT2D eigenvalue weighted by atomic mass is 10.1. The summed E-state index contributed by atoms with van der Waals surface area (Å²) in [4.78, 5) is 24.8. The lowest BCUT2D eigenvalue weighted by Gasteiger charge is -2.10. The topological polar surface area (TPSA) is 88.9 Å². The fourth-order valence-electron chi connectivity index (χ4n) is 3.04. The van der Waals surface area contributed by atoms with Crippen molar-refractivity contribution in [1.82, 2.24) is 20.1 Å². The van der Waals surface area contributed by atoms with Crippen molar-refractivity contribution in [3.63, 3.8) is 0 Å². The van der Waals surface area contributed by atoms with Crippen LogP contribution in [0.25, 0.3) is 0 Å². The average Bonchev–Trinajstić information content (AvgIpc) is 3.16. The number of aryl methyl sites for hydroxylation is 2. The number of hydrogen-bond acceptors (Lipinski definition) is 5. The first-order chi connectivity index (χ1) is 15.3. The average molecular weight is 492 g/mol. The molecule has 7 nitrogen and oxygen atoms in total. The van der Waals surface area contributed by atoms with Gasteiger partial charge in [-0.05, 0) is 50.6 Å². The number of hydrogen-bond donors (Lipinski definition) is 2. The van der Waals surface area contributed by atoms with Crippen molar-refractivity contribution in [2.45, 2.75) is 39.0 Å². The van der Waals surface area contributed by atoms with E-state index in [0.29, 0.717) is 33.1 Å². The summed E-state index contributed by atoms with van der Waals surface area (Å²) in [7, 11) is 0. The predicted molar refractivity (Wildman–Crippen MR) is 129 cm³/mol. The molecule has 0 aliphatic carbocycles. The van der Waals surface area contributed by atoms with E-state index < -0.39 is 0 Å². The Kier molecular flexibility index (Phi) is 8.17. The van der Waals surface area contributed by atoms with E-state index in [2.05, 4.69) is 20.8 Å². The third-order valence-electron chi connectivity index (χ3n) is 4.69. The van der Waals surface area contributed by atoms with Gasteiger partial charge in [0.05, 0.1) is 22.3 Å². The Hall–Kier alpha value is -2.55. The van der Waals surface area contributed by atoms with Crippen molar-refractivity contribution in [2.75, 3.05) is 11.1 Å². The van der Waals surface area contributed by atoms with E-state index in [0.717, 1.165) is 16.8 Å². The van der Waals surface area contributed by atoms with Gasteiger partial charge in [0, 0.05) is 17.8 Å². The van der Waals surface area contributed by atoms with Gasteiger partial charge in [-0.15, -0.1) is 10.2 Å². The van der Waals surface area contributed by atoms with E-state index in [-0.39, 0.29) is 24.1 Å². The second-order valence-electron chi connectivity index (χ2n) is 7.11. The number of carbonyl (C=O) groups is 2. The highest BCUT2D eigenvalue weighted by atomic mass is 35.5. The maximum absolute atomic E-state index is 12.4. The van der Waals surface area contributed by atoms with Gasteiger partial charge in [-0.1, -0.05) is 52.7 Å². The highest BCUT2D eigenvalue weighted by molar-refractivity contribution is 7.99. The zero-order valence-corrected chi connectivity index (χ0v) is 20.2. The molecular formula is C22H23Cl2N5O2S. The Morgan fingerprint density at radius 3 is 2.53 bits per heavy atom. The number of thioether (sulfide) groups is 1. The summed E-state index contributed by atoms with van der Waals surface area (Å²) in [6, 6.07) is 10.6. The molecular weight excluding hydrogens is 469 g/mol. The molecule has 0 unspecified atom stereocenters. The SMILES string of the molecule is CCn1c(CNC(=O)c2ccc(Cl)c(Cl)c2)nnc1SCC(=O)Nc1ccc(C)cc1C. The Morgan fingerprint density at radius 2 is 1.84 bits per heavy atom. The highest BCUT2D eigenvalue weighted by Crippen LogP contribution is 2.23. The molecule has 3 rings (SSSR count). The lowest BCUT2D eigenvalue weighted by molar-refractivity contribution is -0.113. The fourth-order valence-corrected chi connectivity index (χ4v) is 4.16. The number of rotatable bonds is 8. The van der Waals surface area contributed by atoms with Gasteiger partial charge in [0.15, 0.2) is 11.0 Å². The largest absolute Gasteiger partial charge is 0.345 e. The molecule has 0 saturated heterocycles. The van der Waals surface area contributed by atoms with E-state index in [4.69, 9.17) is 23.2 Å². The van der Waals surface area contributed by atoms with Crippen molar-refractivity contribution in [3.8, 4) is 0 Å². The minimum Gasteiger partial charge on any atom is -0.345 e. The van der Waals surface area contributed by atoms with Gasteiger partial charge in [0.25, 0.3) is 5.91 Å². The molecule has 0 spiro atoms. The summed E-state index contributed by atoms with van der Waals surface area (Å²) < 4.78 is 1.87. The van der Waals surface area contributed by atoms with Gasteiger partial charge in [-0.3, -0.25) is 9.59 Å². The molecule has 10 heteroatoms. The van der Waals surface area contributed by atoms with E-state index in [1.54, 1.807) is 12.1 Å². The van der Waals surface area contributed by atoms with Crippen LogP contribution in [0.1, 0.15) is 34.2 Å². The number of anilines is 1. The van der Waals surface area contributed by atoms with E-state index in [1.807, 2.05) is 43.5 Å². The van der Waals surface area contributed by atoms with E-state index in [9.17, 15) is 9.59 Å². The van der Waals surface area contributed by atoms with Crippen LogP contribution in [0.2, 0.25) is 10.0 Å². The van der Waals surface area contributed by atoms with E-state index in [1.165, 1.54) is 17.8 Å². The van der Waals surface area contributed by atoms with Gasteiger partial charge in [-0.25, -0.2) is 0 Å². The smallest absolute Gasteiger partial charge is 0.251 e. The van der Waals surface area contributed by atoms with Gasteiger partial charge in [0.1, 0.15) is 0 Å². The van der Waals surface area contributed by atoms with Gasteiger partial charge >= 0.3 is 0 Å². The molecule has 0 fully saturated rings. The highest BCUT2D eigenvalue weighted by Gasteiger charge is 2.15. The van der Waals surface area contributed by atoms with Crippen LogP contribution in [0.4, 0.5) is 5.69 Å². The zero-order chi connectivity index (χ0) is 23.3. The van der Waals surface area contributed by atoms with Gasteiger partial charge in [-0.2, -0.15) is 0 Å². The number of benzene rings is 2. The van der Waals surface area contributed by atoms with Crippen LogP contribution >= 0.6 is 35.0 Å². The third-order valence-corrected chi connectivity index (χ3v) is 6.39. The van der Waals surface area contributed by atoms with Crippen LogP contribution in [0.3, 0.4) is 0 Å². The molecule has 2 N–H and O–H groups in total. The van der Waals surface area contributed by atoms with Crippen LogP contribution in [-0.4, -0.2) is 32.3 Å². The molecule has 0 bridgehead atoms. The third kappa shape index (κ3) is 6.03. The quantitative estimate of drug-likeness (QED) is 0.438. The molecule has 0 aliphatic rings. The fraction of sp³-hybridized carbons (Fsp3) is 0.273. The number of halogens is 2. The first kappa shape index (κ1) is 24.1. The normalized spacial score (nSPS) is 10.8. The molecule has 1 heterocycles. The van der Waals surface area contributed by atoms with Gasteiger partial charge in [0.2, 0.25) is 5.91 Å². The van der Waals surface area contributed by atoms with E-state index >= 15 is 0 Å². The summed E-state index contributed by atoms with van der Waals surface area (Å²) in [6.07, 6.45) is 0. The van der Waals surface area contributed by atoms with Crippen LogP contribution in [-0.2, 0) is 17.9 Å². The molecule has 168 valence electrons. The van der Waals surface area contributed by atoms with Crippen molar-refractivity contribution < 1.29 is 9.59 Å². The van der Waals surface area contributed by atoms with Crippen molar-refractivity contribution in [2.24, 2.45) is 0 Å². The Morgan fingerprint density at radius 1 is 1.06 bits per heavy atom. The minimum atomic E-state index is -0.295. The number of carbonyl (C=O) groups excluding carboxylic acids is 2. The number of amides is 2. The second-order valence-corrected chi connectivity index (χ2v) is 8.87. The molecule has 2 aromatic carbocycles. The van der Waals surface area contributed by atoms with Crippen molar-refractivity contribution >= 4 is 52.5 Å². The first-order valence-corrected chi connectivity index (χ1v) is 11.7. The Labute approximate surface area is 200 Å². The van der Waals surface area contributed by atoms with Gasteiger partial charge < -0.3 is 15.2 Å². The maximum atomic E-state index is 12.4.